The number of hydrogen-bond donors (Lipinski definition) is 0. The Balaban J connectivity index is 2.24. The lowest BCUT2D eigenvalue weighted by atomic mass is 9.87. The molecule has 0 fully saturated rings. The van der Waals surface area contributed by atoms with E-state index in [1.807, 2.05) is 0 Å². The van der Waals surface area contributed by atoms with Crippen LogP contribution in [0.1, 0.15) is 40.0 Å². The average Bonchev–Trinajstić information content (AvgIpc) is 2.71. The predicted octanol–water partition coefficient (Wildman–Crippen LogP) is 2.74. The molecule has 1 aliphatic heterocycles. The van der Waals surface area contributed by atoms with Crippen molar-refractivity contribution in [1.29, 1.82) is 0 Å². The molecule has 0 amide bonds. The lowest BCUT2D eigenvalue weighted by Crippen LogP contribution is -2.20. The molecule has 0 bridgehead atoms. The molecule has 0 aromatic rings. The first-order valence-corrected chi connectivity index (χ1v) is 6.86. The summed E-state index contributed by atoms with van der Waals surface area (Å²) in [6.45, 7) is 6.29. The van der Waals surface area contributed by atoms with E-state index in [2.05, 4.69) is 13.8 Å². The maximum Gasteiger partial charge on any atom is 0.373 e. The van der Waals surface area contributed by atoms with E-state index in [1.54, 1.807) is 13.0 Å². The molecule has 0 saturated carbocycles. The van der Waals surface area contributed by atoms with E-state index in [0.29, 0.717) is 31.1 Å². The summed E-state index contributed by atoms with van der Waals surface area (Å²) < 4.78 is 10.5. The van der Waals surface area contributed by atoms with Gasteiger partial charge in [0.2, 0.25) is 5.76 Å². The number of hydrogen-bond acceptors (Lipinski definition) is 4. The van der Waals surface area contributed by atoms with Crippen LogP contribution in [0.2, 0.25) is 0 Å². The zero-order valence-corrected chi connectivity index (χ0v) is 11.7. The number of rotatable bonds is 4. The van der Waals surface area contributed by atoms with Gasteiger partial charge < -0.3 is 9.47 Å². The van der Waals surface area contributed by atoms with Gasteiger partial charge in [0.05, 0.1) is 6.61 Å². The highest BCUT2D eigenvalue weighted by atomic mass is 16.6. The summed E-state index contributed by atoms with van der Waals surface area (Å²) in [5, 5.41) is 0. The maximum atomic E-state index is 11.9. The Kier molecular flexibility index (Phi) is 4.08. The van der Waals surface area contributed by atoms with Crippen LogP contribution in [0.25, 0.3) is 0 Å². The smallest absolute Gasteiger partial charge is 0.373 e. The Morgan fingerprint density at radius 2 is 2.21 bits per heavy atom. The van der Waals surface area contributed by atoms with Crippen LogP contribution in [0.5, 0.6) is 0 Å². The Bertz CT molecular complexity index is 457. The number of carbonyl (C=O) groups is 2. The molecule has 0 radical (unpaired) electrons. The minimum Gasteiger partial charge on any atom is -0.460 e. The quantitative estimate of drug-likeness (QED) is 0.733. The van der Waals surface area contributed by atoms with Gasteiger partial charge >= 0.3 is 5.97 Å². The summed E-state index contributed by atoms with van der Waals surface area (Å²) in [7, 11) is 0. The van der Waals surface area contributed by atoms with E-state index < -0.39 is 5.97 Å². The molecule has 0 aromatic carbocycles. The monoisotopic (exact) mass is 264 g/mol. The molecular formula is C15H20O4. The van der Waals surface area contributed by atoms with Crippen molar-refractivity contribution in [3.05, 3.63) is 23.2 Å². The molecule has 19 heavy (non-hydrogen) atoms. The van der Waals surface area contributed by atoms with Gasteiger partial charge in [-0.05, 0) is 25.3 Å². The van der Waals surface area contributed by atoms with Crippen LogP contribution in [-0.4, -0.2) is 18.4 Å². The molecule has 1 atom stereocenters. The van der Waals surface area contributed by atoms with Gasteiger partial charge in [-0.15, -0.1) is 0 Å². The normalized spacial score (nSPS) is 22.2. The van der Waals surface area contributed by atoms with Gasteiger partial charge in [-0.2, -0.15) is 0 Å². The molecule has 2 aliphatic rings. The van der Waals surface area contributed by atoms with E-state index in [4.69, 9.17) is 9.47 Å². The minimum absolute atomic E-state index is 0.0156. The molecule has 1 aliphatic carbocycles. The van der Waals surface area contributed by atoms with Crippen molar-refractivity contribution in [2.45, 2.75) is 40.0 Å². The van der Waals surface area contributed by atoms with Gasteiger partial charge in [0.25, 0.3) is 0 Å². The zero-order valence-electron chi connectivity index (χ0n) is 11.7. The van der Waals surface area contributed by atoms with E-state index in [9.17, 15) is 9.59 Å². The molecule has 0 N–H and O–H groups in total. The molecule has 1 heterocycles. The van der Waals surface area contributed by atoms with E-state index in [0.717, 1.165) is 12.0 Å². The molecule has 0 aromatic heterocycles. The molecular weight excluding hydrogens is 244 g/mol. The van der Waals surface area contributed by atoms with E-state index in [1.165, 1.54) is 0 Å². The third-order valence-electron chi connectivity index (χ3n) is 3.34. The second-order valence-electron chi connectivity index (χ2n) is 5.35. The molecule has 0 saturated heterocycles. The van der Waals surface area contributed by atoms with Crippen LogP contribution in [-0.2, 0) is 19.1 Å². The SMILES string of the molecule is CCOC(=O)C1=CC(CC(C)C)C2=C(CCC2=O)O1. The fourth-order valence-electron chi connectivity index (χ4n) is 2.61. The van der Waals surface area contributed by atoms with Crippen molar-refractivity contribution in [3.8, 4) is 0 Å². The lowest BCUT2D eigenvalue weighted by molar-refractivity contribution is -0.142. The van der Waals surface area contributed by atoms with Gasteiger partial charge in [-0.1, -0.05) is 13.8 Å². The molecule has 4 nitrogen and oxygen atoms in total. The maximum absolute atomic E-state index is 11.9. The molecule has 4 heteroatoms. The van der Waals surface area contributed by atoms with Crippen LogP contribution < -0.4 is 0 Å². The standard InChI is InChI=1S/C15H20O4/c1-4-18-15(17)13-8-10(7-9(2)3)14-11(16)5-6-12(14)19-13/h8-10H,4-7H2,1-3H3. The summed E-state index contributed by atoms with van der Waals surface area (Å²) in [4.78, 5) is 23.7. The summed E-state index contributed by atoms with van der Waals surface area (Å²) in [6.07, 6.45) is 3.68. The lowest BCUT2D eigenvalue weighted by Gasteiger charge is -2.23. The average molecular weight is 264 g/mol. The fourth-order valence-corrected chi connectivity index (χ4v) is 2.61. The number of allylic oxidation sites excluding steroid dienone is 3. The predicted molar refractivity (Wildman–Crippen MR) is 70.0 cm³/mol. The molecule has 104 valence electrons. The van der Waals surface area contributed by atoms with Crippen LogP contribution in [0, 0.1) is 11.8 Å². The highest BCUT2D eigenvalue weighted by Crippen LogP contribution is 2.38. The van der Waals surface area contributed by atoms with E-state index in [-0.39, 0.29) is 17.5 Å². The summed E-state index contributed by atoms with van der Waals surface area (Å²) in [5.41, 5.74) is 0.766. The first kappa shape index (κ1) is 13.8. The summed E-state index contributed by atoms with van der Waals surface area (Å²) in [5.74, 6) is 1.05. The summed E-state index contributed by atoms with van der Waals surface area (Å²) in [6, 6.07) is 0. The zero-order chi connectivity index (χ0) is 14.0. The molecule has 0 spiro atoms. The van der Waals surface area contributed by atoms with E-state index >= 15 is 0 Å². The molecule has 2 rings (SSSR count). The van der Waals surface area contributed by atoms with Crippen molar-refractivity contribution in [1.82, 2.24) is 0 Å². The van der Waals surface area contributed by atoms with Crippen molar-refractivity contribution in [3.63, 3.8) is 0 Å². The Hall–Kier alpha value is -1.58. The third-order valence-corrected chi connectivity index (χ3v) is 3.34. The van der Waals surface area contributed by atoms with Crippen molar-refractivity contribution < 1.29 is 19.1 Å². The van der Waals surface area contributed by atoms with Crippen molar-refractivity contribution >= 4 is 11.8 Å². The first-order chi connectivity index (χ1) is 9.02. The minimum atomic E-state index is -0.442. The highest BCUT2D eigenvalue weighted by molar-refractivity contribution is 6.00. The third kappa shape index (κ3) is 2.88. The number of carbonyl (C=O) groups excluding carboxylic acids is 2. The Morgan fingerprint density at radius 1 is 1.47 bits per heavy atom. The largest absolute Gasteiger partial charge is 0.460 e. The fraction of sp³-hybridized carbons (Fsp3) is 0.600. The number of ether oxygens (including phenoxy) is 2. The van der Waals surface area contributed by atoms with Gasteiger partial charge in [0, 0.05) is 24.3 Å². The van der Waals surface area contributed by atoms with Crippen molar-refractivity contribution in [2.75, 3.05) is 6.61 Å². The van der Waals surface area contributed by atoms with Gasteiger partial charge in [0.1, 0.15) is 5.76 Å². The van der Waals surface area contributed by atoms with Gasteiger partial charge in [-0.25, -0.2) is 4.79 Å². The first-order valence-electron chi connectivity index (χ1n) is 6.86. The topological polar surface area (TPSA) is 52.6 Å². The number of Topliss-reactive ketones (excluding diaryl/α,β-unsaturated/α-hetero) is 1. The Labute approximate surface area is 113 Å². The van der Waals surface area contributed by atoms with Gasteiger partial charge in [-0.3, -0.25) is 4.79 Å². The van der Waals surface area contributed by atoms with Crippen LogP contribution in [0.3, 0.4) is 0 Å². The molecule has 1 unspecified atom stereocenters. The highest BCUT2D eigenvalue weighted by Gasteiger charge is 2.36. The van der Waals surface area contributed by atoms with Crippen LogP contribution >= 0.6 is 0 Å². The van der Waals surface area contributed by atoms with Crippen molar-refractivity contribution in [2.24, 2.45) is 11.8 Å². The van der Waals surface area contributed by atoms with Gasteiger partial charge in [0.15, 0.2) is 5.78 Å². The summed E-state index contributed by atoms with van der Waals surface area (Å²) >= 11 is 0. The second-order valence-corrected chi connectivity index (χ2v) is 5.35. The Morgan fingerprint density at radius 3 is 2.84 bits per heavy atom. The number of ketones is 1. The number of esters is 1. The second kappa shape index (κ2) is 5.59. The van der Waals surface area contributed by atoms with Crippen LogP contribution in [0.4, 0.5) is 0 Å². The van der Waals surface area contributed by atoms with Crippen LogP contribution in [0.15, 0.2) is 23.2 Å².